The molecule has 3 heterocycles. The van der Waals surface area contributed by atoms with E-state index in [2.05, 4.69) is 38.4 Å². The van der Waals surface area contributed by atoms with Crippen LogP contribution >= 0.6 is 11.3 Å². The second-order valence-electron chi connectivity index (χ2n) is 7.37. The molecule has 148 valence electrons. The van der Waals surface area contributed by atoms with Crippen molar-refractivity contribution >= 4 is 33.4 Å². The maximum absolute atomic E-state index is 12.5. The number of amides is 1. The Morgan fingerprint density at radius 3 is 3.11 bits per heavy atom. The molecule has 1 aromatic carbocycles. The third-order valence-electron chi connectivity index (χ3n) is 5.12. The van der Waals surface area contributed by atoms with E-state index in [0.717, 1.165) is 67.1 Å². The number of H-pyrrole nitrogens is 1. The highest BCUT2D eigenvalue weighted by Gasteiger charge is 2.25. The molecule has 0 saturated carbocycles. The van der Waals surface area contributed by atoms with Gasteiger partial charge in [0.1, 0.15) is 10.8 Å². The monoisotopic (exact) mass is 398 g/mol. The van der Waals surface area contributed by atoms with Crippen LogP contribution in [0.4, 0.5) is 5.13 Å². The van der Waals surface area contributed by atoms with Crippen LogP contribution in [-0.2, 0) is 11.2 Å². The van der Waals surface area contributed by atoms with Crippen LogP contribution in [-0.4, -0.2) is 50.6 Å². The number of para-hydroxylation sites is 2. The minimum absolute atomic E-state index is 0.0246. The molecule has 1 saturated heterocycles. The molecule has 2 aromatic heterocycles. The molecule has 1 aliphatic rings. The molecule has 4 rings (SSSR count). The van der Waals surface area contributed by atoms with Crippen LogP contribution in [0.1, 0.15) is 49.4 Å². The summed E-state index contributed by atoms with van der Waals surface area (Å²) >= 11 is 1.48. The summed E-state index contributed by atoms with van der Waals surface area (Å²) in [5.41, 5.74) is 2.07. The molecule has 1 fully saturated rings. The normalized spacial score (nSPS) is 17.8. The maximum Gasteiger partial charge on any atom is 0.240 e. The van der Waals surface area contributed by atoms with Crippen LogP contribution in [0.5, 0.6) is 0 Å². The number of likely N-dealkylation sites (tertiary alicyclic amines) is 1. The molecule has 0 radical (unpaired) electrons. The van der Waals surface area contributed by atoms with Crippen LogP contribution in [0.2, 0.25) is 0 Å². The van der Waals surface area contributed by atoms with Gasteiger partial charge in [-0.05, 0) is 37.9 Å². The molecule has 0 bridgehead atoms. The summed E-state index contributed by atoms with van der Waals surface area (Å²) in [7, 11) is 0. The fraction of sp³-hybridized carbons (Fsp3) is 0.500. The Morgan fingerprint density at radius 1 is 1.36 bits per heavy atom. The lowest BCUT2D eigenvalue weighted by Crippen LogP contribution is -2.40. The second kappa shape index (κ2) is 8.79. The quantitative estimate of drug-likeness (QED) is 0.635. The molecule has 3 aromatic rings. The summed E-state index contributed by atoms with van der Waals surface area (Å²) < 4.78 is 0. The van der Waals surface area contributed by atoms with Gasteiger partial charge in [0.25, 0.3) is 0 Å². The number of fused-ring (bicyclic) bond motifs is 1. The van der Waals surface area contributed by atoms with Gasteiger partial charge in [0, 0.05) is 18.9 Å². The van der Waals surface area contributed by atoms with E-state index in [4.69, 9.17) is 4.98 Å². The first-order chi connectivity index (χ1) is 13.7. The lowest BCUT2D eigenvalue weighted by Gasteiger charge is -2.31. The molecule has 7 nitrogen and oxygen atoms in total. The number of hydrogen-bond acceptors (Lipinski definition) is 6. The van der Waals surface area contributed by atoms with E-state index in [9.17, 15) is 4.79 Å². The second-order valence-corrected chi connectivity index (χ2v) is 8.43. The van der Waals surface area contributed by atoms with Gasteiger partial charge in [0.05, 0.1) is 17.6 Å². The van der Waals surface area contributed by atoms with Crippen molar-refractivity contribution in [2.45, 2.75) is 44.9 Å². The average molecular weight is 399 g/mol. The van der Waals surface area contributed by atoms with Crippen LogP contribution in [0.25, 0.3) is 11.0 Å². The first-order valence-electron chi connectivity index (χ1n) is 10.0. The standard InChI is InChI=1S/C20H26N6OS/c1-2-3-10-18-24-25-20(28-18)23-17(27)13-26-11-6-7-14(12-26)19-21-15-8-4-5-9-16(15)22-19/h4-5,8-9,14H,2-3,6-7,10-13H2,1H3,(H,21,22)(H,23,25,27)/t14-/m0/s1. The van der Waals surface area contributed by atoms with E-state index in [-0.39, 0.29) is 5.91 Å². The zero-order valence-electron chi connectivity index (χ0n) is 16.1. The number of anilines is 1. The van der Waals surface area contributed by atoms with E-state index < -0.39 is 0 Å². The molecule has 28 heavy (non-hydrogen) atoms. The molecule has 1 amide bonds. The van der Waals surface area contributed by atoms with Gasteiger partial charge in [0.2, 0.25) is 11.0 Å². The first-order valence-corrected chi connectivity index (χ1v) is 10.8. The van der Waals surface area contributed by atoms with E-state index >= 15 is 0 Å². The summed E-state index contributed by atoms with van der Waals surface area (Å²) in [6.45, 7) is 4.30. The molecular formula is C20H26N6OS. The van der Waals surface area contributed by atoms with Crippen molar-refractivity contribution in [3.8, 4) is 0 Å². The number of benzene rings is 1. The number of rotatable bonds is 7. The van der Waals surface area contributed by atoms with Crippen LogP contribution in [0.15, 0.2) is 24.3 Å². The summed E-state index contributed by atoms with van der Waals surface area (Å²) in [4.78, 5) is 22.8. The molecular weight excluding hydrogens is 372 g/mol. The first kappa shape index (κ1) is 19.0. The highest BCUT2D eigenvalue weighted by atomic mass is 32.1. The molecule has 1 aliphatic heterocycles. The van der Waals surface area contributed by atoms with Gasteiger partial charge in [0.15, 0.2) is 0 Å². The number of unbranched alkanes of at least 4 members (excludes halogenated alkanes) is 1. The van der Waals surface area contributed by atoms with Crippen molar-refractivity contribution in [2.24, 2.45) is 0 Å². The minimum Gasteiger partial charge on any atom is -0.342 e. The van der Waals surface area contributed by atoms with Crippen molar-refractivity contribution in [1.29, 1.82) is 0 Å². The number of aromatic amines is 1. The Labute approximate surface area is 168 Å². The Hall–Kier alpha value is -2.32. The fourth-order valence-electron chi connectivity index (χ4n) is 3.68. The van der Waals surface area contributed by atoms with E-state index in [1.165, 1.54) is 11.3 Å². The van der Waals surface area contributed by atoms with Crippen LogP contribution in [0, 0.1) is 0 Å². The van der Waals surface area contributed by atoms with Gasteiger partial charge in [-0.25, -0.2) is 4.98 Å². The van der Waals surface area contributed by atoms with Gasteiger partial charge in [-0.15, -0.1) is 10.2 Å². The molecule has 1 atom stereocenters. The predicted octanol–water partition coefficient (Wildman–Crippen LogP) is 3.58. The number of hydrogen-bond donors (Lipinski definition) is 2. The number of aryl methyl sites for hydroxylation is 1. The number of piperidine rings is 1. The van der Waals surface area contributed by atoms with Gasteiger partial charge >= 0.3 is 0 Å². The Balaban J connectivity index is 1.33. The molecule has 2 N–H and O–H groups in total. The molecule has 0 aliphatic carbocycles. The third kappa shape index (κ3) is 4.56. The average Bonchev–Trinajstić information content (AvgIpc) is 3.33. The van der Waals surface area contributed by atoms with Crippen molar-refractivity contribution < 1.29 is 4.79 Å². The van der Waals surface area contributed by atoms with Gasteiger partial charge in [-0.3, -0.25) is 15.0 Å². The Morgan fingerprint density at radius 2 is 2.25 bits per heavy atom. The van der Waals surface area contributed by atoms with Crippen LogP contribution in [0.3, 0.4) is 0 Å². The van der Waals surface area contributed by atoms with E-state index in [0.29, 0.717) is 17.6 Å². The van der Waals surface area contributed by atoms with Crippen molar-refractivity contribution in [3.63, 3.8) is 0 Å². The summed E-state index contributed by atoms with van der Waals surface area (Å²) in [6.07, 6.45) is 5.31. The van der Waals surface area contributed by atoms with Crippen molar-refractivity contribution in [3.05, 3.63) is 35.1 Å². The SMILES string of the molecule is CCCCc1nnc(NC(=O)CN2CCC[C@H](c3nc4ccccc4[nH]3)C2)s1. The predicted molar refractivity (Wildman–Crippen MR) is 112 cm³/mol. The molecule has 8 heteroatoms. The molecule has 0 spiro atoms. The lowest BCUT2D eigenvalue weighted by molar-refractivity contribution is -0.117. The Bertz CT molecular complexity index is 903. The number of carbonyl (C=O) groups is 1. The zero-order valence-corrected chi connectivity index (χ0v) is 17.0. The number of nitrogens with zero attached hydrogens (tertiary/aromatic N) is 4. The summed E-state index contributed by atoms with van der Waals surface area (Å²) in [6, 6.07) is 8.10. The summed E-state index contributed by atoms with van der Waals surface area (Å²) in [5.74, 6) is 1.33. The largest absolute Gasteiger partial charge is 0.342 e. The number of carbonyl (C=O) groups excluding carboxylic acids is 1. The topological polar surface area (TPSA) is 86.8 Å². The minimum atomic E-state index is -0.0246. The maximum atomic E-state index is 12.5. The van der Waals surface area contributed by atoms with Gasteiger partial charge in [-0.2, -0.15) is 0 Å². The number of aromatic nitrogens is 4. The number of imidazole rings is 1. The third-order valence-corrected chi connectivity index (χ3v) is 6.02. The highest BCUT2D eigenvalue weighted by molar-refractivity contribution is 7.15. The fourth-order valence-corrected chi connectivity index (χ4v) is 4.48. The van der Waals surface area contributed by atoms with Crippen molar-refractivity contribution in [2.75, 3.05) is 25.0 Å². The van der Waals surface area contributed by atoms with Crippen molar-refractivity contribution in [1.82, 2.24) is 25.1 Å². The van der Waals surface area contributed by atoms with Crippen LogP contribution < -0.4 is 5.32 Å². The Kier molecular flexibility index (Phi) is 5.97. The lowest BCUT2D eigenvalue weighted by atomic mass is 9.97. The molecule has 0 unspecified atom stereocenters. The van der Waals surface area contributed by atoms with Gasteiger partial charge < -0.3 is 4.98 Å². The number of nitrogens with one attached hydrogen (secondary N) is 2. The smallest absolute Gasteiger partial charge is 0.240 e. The van der Waals surface area contributed by atoms with E-state index in [1.807, 2.05) is 18.2 Å². The van der Waals surface area contributed by atoms with E-state index in [1.54, 1.807) is 0 Å². The summed E-state index contributed by atoms with van der Waals surface area (Å²) in [5, 5.41) is 12.7. The zero-order chi connectivity index (χ0) is 19.3. The highest BCUT2D eigenvalue weighted by Crippen LogP contribution is 2.26. The van der Waals surface area contributed by atoms with Gasteiger partial charge in [-0.1, -0.05) is 36.8 Å².